The van der Waals surface area contributed by atoms with Crippen molar-refractivity contribution in [3.8, 4) is 11.8 Å². The maximum atomic E-state index is 3.48. The molecule has 0 nitrogen and oxygen atoms in total. The fourth-order valence-electron chi connectivity index (χ4n) is 0.901. The average Bonchev–Trinajstić information content (AvgIpc) is 1.97. The zero-order chi connectivity index (χ0) is 7.82. The summed E-state index contributed by atoms with van der Waals surface area (Å²) >= 11 is 0. The van der Waals surface area contributed by atoms with Gasteiger partial charge in [0.05, 0.1) is 0 Å². The van der Waals surface area contributed by atoms with Crippen molar-refractivity contribution in [3.05, 3.63) is 6.92 Å². The number of unbranched alkanes of at least 4 members (excludes halogenated alkanes) is 1. The maximum absolute atomic E-state index is 3.48. The zero-order valence-corrected chi connectivity index (χ0v) is 7.11. The third kappa shape index (κ3) is 5.69. The molecule has 10 heavy (non-hydrogen) atoms. The van der Waals surface area contributed by atoms with E-state index in [0.29, 0.717) is 0 Å². The van der Waals surface area contributed by atoms with E-state index in [1.807, 2.05) is 0 Å². The van der Waals surface area contributed by atoms with Crippen molar-refractivity contribution in [2.45, 2.75) is 39.5 Å². The molecule has 0 amide bonds. The Hall–Kier alpha value is -0.440. The minimum absolute atomic E-state index is 0.759. The number of rotatable bonds is 4. The molecule has 0 saturated carbocycles. The van der Waals surface area contributed by atoms with Crippen molar-refractivity contribution < 1.29 is 0 Å². The summed E-state index contributed by atoms with van der Waals surface area (Å²) in [4.78, 5) is 0. The molecule has 0 saturated heterocycles. The molecule has 0 aliphatic carbocycles. The van der Waals surface area contributed by atoms with E-state index in [1.165, 1.54) is 19.3 Å². The predicted molar refractivity (Wildman–Crippen MR) is 46.4 cm³/mol. The van der Waals surface area contributed by atoms with E-state index in [1.54, 1.807) is 0 Å². The summed E-state index contributed by atoms with van der Waals surface area (Å²) in [5.74, 6) is 6.43. The van der Waals surface area contributed by atoms with Gasteiger partial charge in [0.1, 0.15) is 0 Å². The van der Waals surface area contributed by atoms with Crippen molar-refractivity contribution in [2.75, 3.05) is 0 Å². The van der Waals surface area contributed by atoms with Crippen molar-refractivity contribution in [3.63, 3.8) is 0 Å². The highest BCUT2D eigenvalue weighted by atomic mass is 14.0. The van der Waals surface area contributed by atoms with Gasteiger partial charge in [-0.25, -0.2) is 0 Å². The van der Waals surface area contributed by atoms with E-state index in [2.05, 4.69) is 32.6 Å². The summed E-state index contributed by atoms with van der Waals surface area (Å²) < 4.78 is 0. The first kappa shape index (κ1) is 9.56. The van der Waals surface area contributed by atoms with Crippen LogP contribution in [0.4, 0.5) is 0 Å². The van der Waals surface area contributed by atoms with E-state index in [4.69, 9.17) is 0 Å². The fraction of sp³-hybridized carbons (Fsp3) is 0.700. The molecule has 0 bridgehead atoms. The molecule has 0 rings (SSSR count). The third-order valence-corrected chi connectivity index (χ3v) is 1.63. The van der Waals surface area contributed by atoms with Crippen LogP contribution >= 0.6 is 0 Å². The largest absolute Gasteiger partial charge is 0.103 e. The second-order valence-corrected chi connectivity index (χ2v) is 2.81. The van der Waals surface area contributed by atoms with Gasteiger partial charge in [-0.15, -0.1) is 11.8 Å². The van der Waals surface area contributed by atoms with Crippen molar-refractivity contribution >= 4 is 0 Å². The van der Waals surface area contributed by atoms with Gasteiger partial charge < -0.3 is 0 Å². The zero-order valence-electron chi connectivity index (χ0n) is 7.11. The van der Waals surface area contributed by atoms with Crippen molar-refractivity contribution in [2.24, 2.45) is 5.92 Å². The lowest BCUT2D eigenvalue weighted by Gasteiger charge is -2.04. The summed E-state index contributed by atoms with van der Waals surface area (Å²) in [5.41, 5.74) is 0. The van der Waals surface area contributed by atoms with Crippen molar-refractivity contribution in [1.82, 2.24) is 0 Å². The Morgan fingerprint density at radius 3 is 2.70 bits per heavy atom. The first-order chi connectivity index (χ1) is 4.81. The Bertz CT molecular complexity index is 114. The molecular weight excluding hydrogens is 120 g/mol. The average molecular weight is 137 g/mol. The predicted octanol–water partition coefficient (Wildman–Crippen LogP) is 3.04. The second-order valence-electron chi connectivity index (χ2n) is 2.81. The summed E-state index contributed by atoms with van der Waals surface area (Å²) in [6.45, 7) is 7.95. The van der Waals surface area contributed by atoms with E-state index >= 15 is 0 Å². The van der Waals surface area contributed by atoms with Crippen LogP contribution in [-0.2, 0) is 0 Å². The second kappa shape index (κ2) is 6.68. The summed E-state index contributed by atoms with van der Waals surface area (Å²) in [5, 5.41) is 0. The number of hydrogen-bond acceptors (Lipinski definition) is 0. The minimum Gasteiger partial charge on any atom is -0.103 e. The third-order valence-electron chi connectivity index (χ3n) is 1.63. The van der Waals surface area contributed by atoms with E-state index in [0.717, 1.165) is 12.3 Å². The van der Waals surface area contributed by atoms with Crippen LogP contribution in [0.25, 0.3) is 0 Å². The Morgan fingerprint density at radius 2 is 2.20 bits per heavy atom. The molecule has 1 unspecified atom stereocenters. The van der Waals surface area contributed by atoms with Crippen LogP contribution in [0, 0.1) is 24.7 Å². The molecule has 1 atom stereocenters. The highest BCUT2D eigenvalue weighted by Gasteiger charge is 1.96. The molecule has 57 valence electrons. The molecule has 0 aliphatic rings. The lowest BCUT2D eigenvalue weighted by molar-refractivity contribution is 0.518. The molecular formula is C10H17. The van der Waals surface area contributed by atoms with Gasteiger partial charge in [-0.05, 0) is 12.3 Å². The van der Waals surface area contributed by atoms with Crippen LogP contribution in [0.15, 0.2) is 0 Å². The Kier molecular flexibility index (Phi) is 6.38. The molecule has 1 radical (unpaired) electrons. The molecule has 0 heteroatoms. The van der Waals surface area contributed by atoms with Gasteiger partial charge in [0.15, 0.2) is 0 Å². The molecule has 0 spiro atoms. The summed E-state index contributed by atoms with van der Waals surface area (Å²) in [6, 6.07) is 0. The van der Waals surface area contributed by atoms with Gasteiger partial charge in [-0.2, -0.15) is 0 Å². The first-order valence-electron chi connectivity index (χ1n) is 4.06. The van der Waals surface area contributed by atoms with Crippen LogP contribution in [0.1, 0.15) is 39.5 Å². The van der Waals surface area contributed by atoms with Crippen LogP contribution in [0.2, 0.25) is 0 Å². The van der Waals surface area contributed by atoms with E-state index in [9.17, 15) is 0 Å². The van der Waals surface area contributed by atoms with E-state index in [-0.39, 0.29) is 0 Å². The van der Waals surface area contributed by atoms with Gasteiger partial charge >= 0.3 is 0 Å². The molecule has 0 aromatic rings. The van der Waals surface area contributed by atoms with Crippen molar-refractivity contribution in [1.29, 1.82) is 0 Å². The Morgan fingerprint density at radius 1 is 1.50 bits per heavy atom. The standard InChI is InChI=1S/C10H17/c1-4-6-8-10(3)9-7-5-2/h10H,1,5,7-9H2,2-3H3. The molecule has 0 aliphatic heterocycles. The SMILES string of the molecule is [CH2]C#CCC(C)CCCC. The lowest BCUT2D eigenvalue weighted by atomic mass is 10.0. The van der Waals surface area contributed by atoms with Gasteiger partial charge in [-0.3, -0.25) is 0 Å². The lowest BCUT2D eigenvalue weighted by Crippen LogP contribution is -1.91. The normalized spacial score (nSPS) is 11.9. The smallest absolute Gasteiger partial charge is 0.0198 e. The monoisotopic (exact) mass is 137 g/mol. The quantitative estimate of drug-likeness (QED) is 0.522. The van der Waals surface area contributed by atoms with Crippen LogP contribution < -0.4 is 0 Å². The Labute approximate surface area is 65.0 Å². The molecule has 0 aromatic heterocycles. The van der Waals surface area contributed by atoms with Crippen LogP contribution in [0.5, 0.6) is 0 Å². The summed E-state index contributed by atoms with van der Waals surface area (Å²) in [6.07, 6.45) is 4.96. The number of hydrogen-bond donors (Lipinski definition) is 0. The van der Waals surface area contributed by atoms with Gasteiger partial charge in [0.25, 0.3) is 0 Å². The topological polar surface area (TPSA) is 0 Å². The van der Waals surface area contributed by atoms with Gasteiger partial charge in [-0.1, -0.05) is 26.7 Å². The molecule has 0 fully saturated rings. The minimum atomic E-state index is 0.759. The maximum Gasteiger partial charge on any atom is 0.0198 e. The van der Waals surface area contributed by atoms with Crippen LogP contribution in [-0.4, -0.2) is 0 Å². The van der Waals surface area contributed by atoms with Gasteiger partial charge in [0, 0.05) is 13.3 Å². The van der Waals surface area contributed by atoms with Gasteiger partial charge in [0.2, 0.25) is 0 Å². The first-order valence-corrected chi connectivity index (χ1v) is 4.06. The van der Waals surface area contributed by atoms with E-state index < -0.39 is 0 Å². The fourth-order valence-corrected chi connectivity index (χ4v) is 0.901. The molecule has 0 N–H and O–H groups in total. The highest BCUT2D eigenvalue weighted by Crippen LogP contribution is 2.10. The molecule has 0 aromatic carbocycles. The highest BCUT2D eigenvalue weighted by molar-refractivity contribution is 5.01. The van der Waals surface area contributed by atoms with Crippen LogP contribution in [0.3, 0.4) is 0 Å². The Balaban J connectivity index is 3.21. The molecule has 0 heterocycles. The summed E-state index contributed by atoms with van der Waals surface area (Å²) in [7, 11) is 0.